The Labute approximate surface area is 95.2 Å². The van der Waals surface area contributed by atoms with E-state index in [-0.39, 0.29) is 0 Å². The molecule has 78 valence electrons. The van der Waals surface area contributed by atoms with Gasteiger partial charge in [-0.2, -0.15) is 0 Å². The van der Waals surface area contributed by atoms with Crippen molar-refractivity contribution in [3.8, 4) is 0 Å². The summed E-state index contributed by atoms with van der Waals surface area (Å²) in [5, 5.41) is 7.21. The fourth-order valence-corrected chi connectivity index (χ4v) is 1.23. The normalized spacial score (nSPS) is 8.00. The van der Waals surface area contributed by atoms with Crippen molar-refractivity contribution in [3.05, 3.63) is 52.7 Å². The number of hydrogen-bond acceptors (Lipinski definition) is 6. The van der Waals surface area contributed by atoms with Crippen molar-refractivity contribution in [1.29, 1.82) is 0 Å². The van der Waals surface area contributed by atoms with Gasteiger partial charge in [-0.1, -0.05) is 5.16 Å². The average molecular weight is 239 g/mol. The fourth-order valence-electron chi connectivity index (χ4n) is 0.527. The van der Waals surface area contributed by atoms with Crippen LogP contribution in [0.1, 0.15) is 0 Å². The van der Waals surface area contributed by atoms with Crippen LogP contribution >= 0.6 is 22.7 Å². The molecule has 0 saturated carbocycles. The van der Waals surface area contributed by atoms with E-state index in [9.17, 15) is 0 Å². The highest BCUT2D eigenvalue weighted by atomic mass is 32.1. The van der Waals surface area contributed by atoms with E-state index in [1.807, 2.05) is 10.8 Å². The van der Waals surface area contributed by atoms with Crippen LogP contribution in [-0.2, 0) is 0 Å². The summed E-state index contributed by atoms with van der Waals surface area (Å²) in [7, 11) is 0. The lowest BCUT2D eigenvalue weighted by molar-refractivity contribution is 0.420. The Morgan fingerprint density at radius 1 is 0.867 bits per heavy atom. The molecule has 0 saturated heterocycles. The van der Waals surface area contributed by atoms with Gasteiger partial charge in [-0.3, -0.25) is 9.97 Å². The molecule has 3 rings (SSSR count). The molecule has 0 N–H and O–H groups in total. The molecule has 3 aromatic heterocycles. The highest BCUT2D eigenvalue weighted by Crippen LogP contribution is 1.86. The van der Waals surface area contributed by atoms with E-state index in [1.165, 1.54) is 6.26 Å². The van der Waals surface area contributed by atoms with Crippen LogP contribution < -0.4 is 0 Å². The molecule has 0 radical (unpaired) electrons. The predicted octanol–water partition coefficient (Wildman–Crippen LogP) is 2.96. The van der Waals surface area contributed by atoms with Crippen LogP contribution in [0.3, 0.4) is 0 Å². The van der Waals surface area contributed by atoms with Crippen molar-refractivity contribution in [2.24, 2.45) is 0 Å². The van der Waals surface area contributed by atoms with E-state index in [4.69, 9.17) is 0 Å². The van der Waals surface area contributed by atoms with E-state index in [2.05, 4.69) is 19.6 Å². The van der Waals surface area contributed by atoms with Gasteiger partial charge in [-0.05, 0) is 6.07 Å². The number of nitrogens with zero attached hydrogens (tertiary/aromatic N) is 3. The Bertz CT molecular complexity index is 255. The van der Waals surface area contributed by atoms with Crippen molar-refractivity contribution in [1.82, 2.24) is 15.1 Å². The van der Waals surface area contributed by atoms with Crippen molar-refractivity contribution in [2.45, 2.75) is 0 Å². The molecule has 0 bridgehead atoms. The molecule has 0 amide bonds. The van der Waals surface area contributed by atoms with Crippen molar-refractivity contribution < 1.29 is 4.52 Å². The van der Waals surface area contributed by atoms with E-state index in [0.29, 0.717) is 0 Å². The molecule has 0 aromatic carbocycles. The van der Waals surface area contributed by atoms with Gasteiger partial charge >= 0.3 is 0 Å². The number of hydrogen-bond donors (Lipinski definition) is 0. The van der Waals surface area contributed by atoms with E-state index in [0.717, 1.165) is 0 Å². The second kappa shape index (κ2) is 9.04. The monoisotopic (exact) mass is 239 g/mol. The first kappa shape index (κ1) is 11.5. The van der Waals surface area contributed by atoms with Gasteiger partial charge in [0.15, 0.2) is 0 Å². The van der Waals surface area contributed by atoms with Crippen LogP contribution in [-0.4, -0.2) is 15.1 Å². The van der Waals surface area contributed by atoms with Crippen LogP contribution in [0.15, 0.2) is 57.2 Å². The SMILES string of the molecule is c1cnoc1.c1cscn1.c1cscn1. The summed E-state index contributed by atoms with van der Waals surface area (Å²) in [5.41, 5.74) is 3.58. The molecule has 0 fully saturated rings. The molecular weight excluding hydrogens is 230 g/mol. The predicted molar refractivity (Wildman–Crippen MR) is 60.7 cm³/mol. The van der Waals surface area contributed by atoms with Crippen molar-refractivity contribution in [2.75, 3.05) is 0 Å². The lowest BCUT2D eigenvalue weighted by Gasteiger charge is -1.48. The number of rotatable bonds is 0. The average Bonchev–Trinajstić information content (AvgIpc) is 3.09. The summed E-state index contributed by atoms with van der Waals surface area (Å²) in [6, 6.07) is 1.72. The molecule has 4 nitrogen and oxygen atoms in total. The molecule has 3 aromatic rings. The maximum Gasteiger partial charge on any atom is 0.123 e. The first-order chi connectivity index (χ1) is 7.50. The smallest absolute Gasteiger partial charge is 0.123 e. The topological polar surface area (TPSA) is 51.8 Å². The van der Waals surface area contributed by atoms with Crippen LogP contribution in [0.2, 0.25) is 0 Å². The molecule has 3 heterocycles. The molecule has 0 unspecified atom stereocenters. The molecule has 0 spiro atoms. The van der Waals surface area contributed by atoms with Gasteiger partial charge in [0.2, 0.25) is 0 Å². The molecule has 0 aliphatic carbocycles. The zero-order valence-corrected chi connectivity index (χ0v) is 9.40. The van der Waals surface area contributed by atoms with E-state index < -0.39 is 0 Å². The fraction of sp³-hybridized carbons (Fsp3) is 0. The van der Waals surface area contributed by atoms with Crippen molar-refractivity contribution in [3.63, 3.8) is 0 Å². The Morgan fingerprint density at radius 2 is 1.53 bits per heavy atom. The molecule has 0 atom stereocenters. The summed E-state index contributed by atoms with van der Waals surface area (Å²) < 4.78 is 4.33. The standard InChI is InChI=1S/C3H3NO.2C3H3NS/c1-2-4-5-3-1;2*1-2-5-3-4-1/h3*1-3H. The van der Waals surface area contributed by atoms with Crippen LogP contribution in [0, 0.1) is 0 Å². The Hall–Kier alpha value is -1.53. The van der Waals surface area contributed by atoms with Gasteiger partial charge in [0, 0.05) is 23.2 Å². The highest BCUT2D eigenvalue weighted by molar-refractivity contribution is 7.07. The molecule has 0 aliphatic heterocycles. The minimum absolute atomic E-state index is 1.51. The summed E-state index contributed by atoms with van der Waals surface area (Å²) in [4.78, 5) is 7.48. The largest absolute Gasteiger partial charge is 0.365 e. The Kier molecular flexibility index (Phi) is 6.96. The Balaban J connectivity index is 0.000000112. The minimum Gasteiger partial charge on any atom is -0.365 e. The first-order valence-corrected chi connectivity index (χ1v) is 5.87. The lowest BCUT2D eigenvalue weighted by Crippen LogP contribution is -1.38. The highest BCUT2D eigenvalue weighted by Gasteiger charge is 1.60. The third-order valence-corrected chi connectivity index (χ3v) is 2.09. The zero-order chi connectivity index (χ0) is 10.6. The minimum atomic E-state index is 1.51. The van der Waals surface area contributed by atoms with E-state index >= 15 is 0 Å². The van der Waals surface area contributed by atoms with Gasteiger partial charge in [0.1, 0.15) is 6.26 Å². The maximum atomic E-state index is 4.33. The Morgan fingerprint density at radius 3 is 1.67 bits per heavy atom. The summed E-state index contributed by atoms with van der Waals surface area (Å²) >= 11 is 3.20. The summed E-state index contributed by atoms with van der Waals surface area (Å²) in [6.07, 6.45) is 6.63. The number of thiazole rings is 2. The quantitative estimate of drug-likeness (QED) is 0.605. The van der Waals surface area contributed by atoms with Gasteiger partial charge in [0.25, 0.3) is 0 Å². The molecule has 6 heteroatoms. The van der Waals surface area contributed by atoms with Gasteiger partial charge in [-0.25, -0.2) is 0 Å². The van der Waals surface area contributed by atoms with Gasteiger partial charge < -0.3 is 4.52 Å². The second-order valence-corrected chi connectivity index (χ2v) is 3.55. The van der Waals surface area contributed by atoms with Crippen LogP contribution in [0.4, 0.5) is 0 Å². The third-order valence-electron chi connectivity index (χ3n) is 1.04. The molecule has 15 heavy (non-hydrogen) atoms. The van der Waals surface area contributed by atoms with Gasteiger partial charge in [-0.15, -0.1) is 22.7 Å². The maximum absolute atomic E-state index is 4.33. The zero-order valence-electron chi connectivity index (χ0n) is 7.76. The summed E-state index contributed by atoms with van der Waals surface area (Å²) in [6.45, 7) is 0. The van der Waals surface area contributed by atoms with Crippen LogP contribution in [0.25, 0.3) is 0 Å². The number of aromatic nitrogens is 3. The van der Waals surface area contributed by atoms with Gasteiger partial charge in [0.05, 0.1) is 17.2 Å². The molecule has 0 aliphatic rings. The molecular formula is C9H9N3OS2. The van der Waals surface area contributed by atoms with E-state index in [1.54, 1.807) is 58.4 Å². The third kappa shape index (κ3) is 7.53. The summed E-state index contributed by atoms with van der Waals surface area (Å²) in [5.74, 6) is 0. The lowest BCUT2D eigenvalue weighted by atomic mass is 10.8. The van der Waals surface area contributed by atoms with Crippen molar-refractivity contribution >= 4 is 22.7 Å². The first-order valence-electron chi connectivity index (χ1n) is 3.99. The van der Waals surface area contributed by atoms with Crippen LogP contribution in [0.5, 0.6) is 0 Å². The second-order valence-electron chi connectivity index (χ2n) is 2.04.